The van der Waals surface area contributed by atoms with Gasteiger partial charge in [0.05, 0.1) is 11.7 Å². The predicted molar refractivity (Wildman–Crippen MR) is 76.8 cm³/mol. The molecule has 1 unspecified atom stereocenters. The maximum atomic E-state index is 10.5. The molecule has 2 nitrogen and oxygen atoms in total. The molecule has 0 aromatic heterocycles. The molecular weight excluding hydrogens is 224 g/mol. The van der Waals surface area contributed by atoms with E-state index in [0.717, 1.165) is 38.5 Å². The molecule has 0 aromatic carbocycles. The summed E-state index contributed by atoms with van der Waals surface area (Å²) in [5.74, 6) is 0. The first-order valence-electron chi connectivity index (χ1n) is 7.78. The number of rotatable bonds is 7. The van der Waals surface area contributed by atoms with Gasteiger partial charge in [0.1, 0.15) is 0 Å². The van der Waals surface area contributed by atoms with Crippen molar-refractivity contribution < 1.29 is 9.84 Å². The third-order valence-electron chi connectivity index (χ3n) is 4.57. The van der Waals surface area contributed by atoms with Crippen molar-refractivity contribution in [2.45, 2.75) is 90.8 Å². The fourth-order valence-electron chi connectivity index (χ4n) is 3.06. The largest absolute Gasteiger partial charge is 0.390 e. The molecule has 0 amide bonds. The maximum absolute atomic E-state index is 10.5. The second-order valence-electron chi connectivity index (χ2n) is 6.67. The van der Waals surface area contributed by atoms with E-state index >= 15 is 0 Å². The van der Waals surface area contributed by atoms with Crippen LogP contribution in [-0.2, 0) is 4.74 Å². The number of aliphatic hydroxyl groups is 1. The second kappa shape index (κ2) is 6.91. The van der Waals surface area contributed by atoms with E-state index in [1.54, 1.807) is 0 Å². The SMILES string of the molecule is CCCCCC(O)C1(OCC)CCC(C)(C)CC1. The Bertz CT molecular complexity index is 225. The van der Waals surface area contributed by atoms with Crippen molar-refractivity contribution in [2.75, 3.05) is 6.61 Å². The zero-order valence-corrected chi connectivity index (χ0v) is 12.8. The van der Waals surface area contributed by atoms with Crippen molar-refractivity contribution in [3.63, 3.8) is 0 Å². The van der Waals surface area contributed by atoms with E-state index in [2.05, 4.69) is 20.8 Å². The number of hydrogen-bond acceptors (Lipinski definition) is 2. The van der Waals surface area contributed by atoms with Crippen molar-refractivity contribution in [2.24, 2.45) is 5.41 Å². The fourth-order valence-corrected chi connectivity index (χ4v) is 3.06. The van der Waals surface area contributed by atoms with Gasteiger partial charge in [-0.25, -0.2) is 0 Å². The minimum Gasteiger partial charge on any atom is -0.390 e. The molecule has 0 aromatic rings. The predicted octanol–water partition coefficient (Wildman–Crippen LogP) is 4.30. The normalized spacial score (nSPS) is 23.8. The molecule has 1 fully saturated rings. The van der Waals surface area contributed by atoms with Crippen LogP contribution in [0.1, 0.15) is 79.1 Å². The van der Waals surface area contributed by atoms with Gasteiger partial charge in [-0.1, -0.05) is 40.0 Å². The van der Waals surface area contributed by atoms with E-state index < -0.39 is 0 Å². The van der Waals surface area contributed by atoms with E-state index in [-0.39, 0.29) is 11.7 Å². The van der Waals surface area contributed by atoms with Crippen LogP contribution < -0.4 is 0 Å². The average molecular weight is 256 g/mol. The van der Waals surface area contributed by atoms with Gasteiger partial charge in [-0.3, -0.25) is 0 Å². The number of unbranched alkanes of at least 4 members (excludes halogenated alkanes) is 2. The summed E-state index contributed by atoms with van der Waals surface area (Å²) < 4.78 is 6.01. The highest BCUT2D eigenvalue weighted by Crippen LogP contribution is 2.44. The van der Waals surface area contributed by atoms with E-state index in [0.29, 0.717) is 12.0 Å². The molecule has 0 bridgehead atoms. The molecule has 108 valence electrons. The van der Waals surface area contributed by atoms with Gasteiger partial charge in [0.15, 0.2) is 0 Å². The highest BCUT2D eigenvalue weighted by Gasteiger charge is 2.43. The lowest BCUT2D eigenvalue weighted by molar-refractivity contribution is -0.153. The van der Waals surface area contributed by atoms with Crippen LogP contribution in [-0.4, -0.2) is 23.4 Å². The molecule has 2 heteroatoms. The molecule has 1 N–H and O–H groups in total. The standard InChI is InChI=1S/C16H32O2/c1-5-7-8-9-14(17)16(18-6-2)12-10-15(3,4)11-13-16/h14,17H,5-13H2,1-4H3. The summed E-state index contributed by atoms with van der Waals surface area (Å²) in [6, 6.07) is 0. The fraction of sp³-hybridized carbons (Fsp3) is 1.00. The Labute approximate surface area is 113 Å². The average Bonchev–Trinajstić information content (AvgIpc) is 2.33. The topological polar surface area (TPSA) is 29.5 Å². The van der Waals surface area contributed by atoms with Crippen LogP contribution in [0, 0.1) is 5.41 Å². The maximum Gasteiger partial charge on any atom is 0.0940 e. The molecule has 1 aliphatic rings. The van der Waals surface area contributed by atoms with E-state index in [4.69, 9.17) is 4.74 Å². The summed E-state index contributed by atoms with van der Waals surface area (Å²) in [5, 5.41) is 10.5. The van der Waals surface area contributed by atoms with Crippen LogP contribution in [0.3, 0.4) is 0 Å². The third-order valence-corrected chi connectivity index (χ3v) is 4.57. The van der Waals surface area contributed by atoms with Crippen LogP contribution in [0.25, 0.3) is 0 Å². The lowest BCUT2D eigenvalue weighted by Gasteiger charge is -2.46. The Balaban J connectivity index is 2.57. The zero-order valence-electron chi connectivity index (χ0n) is 12.8. The Hall–Kier alpha value is -0.0800. The minimum absolute atomic E-state index is 0.252. The van der Waals surface area contributed by atoms with Crippen molar-refractivity contribution in [1.29, 1.82) is 0 Å². The summed E-state index contributed by atoms with van der Waals surface area (Å²) in [6.07, 6.45) is 8.52. The van der Waals surface area contributed by atoms with Gasteiger partial charge in [0.25, 0.3) is 0 Å². The van der Waals surface area contributed by atoms with Gasteiger partial charge in [0, 0.05) is 6.61 Å². The molecule has 1 saturated carbocycles. The molecule has 0 radical (unpaired) electrons. The highest BCUT2D eigenvalue weighted by atomic mass is 16.5. The molecule has 1 rings (SSSR count). The molecule has 1 atom stereocenters. The summed E-state index contributed by atoms with van der Waals surface area (Å²) in [6.45, 7) is 9.61. The monoisotopic (exact) mass is 256 g/mol. The van der Waals surface area contributed by atoms with Crippen LogP contribution in [0.4, 0.5) is 0 Å². The van der Waals surface area contributed by atoms with Crippen LogP contribution in [0.15, 0.2) is 0 Å². The smallest absolute Gasteiger partial charge is 0.0940 e. The molecule has 0 heterocycles. The van der Waals surface area contributed by atoms with Gasteiger partial charge >= 0.3 is 0 Å². The highest BCUT2D eigenvalue weighted by molar-refractivity contribution is 4.95. The van der Waals surface area contributed by atoms with Gasteiger partial charge in [-0.15, -0.1) is 0 Å². The Morgan fingerprint density at radius 2 is 1.67 bits per heavy atom. The van der Waals surface area contributed by atoms with Crippen molar-refractivity contribution >= 4 is 0 Å². The lowest BCUT2D eigenvalue weighted by Crippen LogP contribution is -2.49. The first-order valence-corrected chi connectivity index (χ1v) is 7.78. The first-order chi connectivity index (χ1) is 8.46. The van der Waals surface area contributed by atoms with Gasteiger partial charge < -0.3 is 9.84 Å². The van der Waals surface area contributed by atoms with Crippen molar-refractivity contribution in [3.05, 3.63) is 0 Å². The third kappa shape index (κ3) is 4.24. The van der Waals surface area contributed by atoms with E-state index in [1.165, 1.54) is 12.8 Å². The summed E-state index contributed by atoms with van der Waals surface area (Å²) in [4.78, 5) is 0. The molecule has 18 heavy (non-hydrogen) atoms. The molecule has 0 spiro atoms. The number of hydrogen-bond donors (Lipinski definition) is 1. The van der Waals surface area contributed by atoms with E-state index in [1.807, 2.05) is 6.92 Å². The van der Waals surface area contributed by atoms with Crippen LogP contribution in [0.2, 0.25) is 0 Å². The Morgan fingerprint density at radius 1 is 1.06 bits per heavy atom. The Morgan fingerprint density at radius 3 is 2.17 bits per heavy atom. The lowest BCUT2D eigenvalue weighted by atomic mass is 9.68. The summed E-state index contributed by atoms with van der Waals surface area (Å²) in [7, 11) is 0. The van der Waals surface area contributed by atoms with Gasteiger partial charge in [0.2, 0.25) is 0 Å². The van der Waals surface area contributed by atoms with Crippen molar-refractivity contribution in [3.8, 4) is 0 Å². The first kappa shape index (κ1) is 16.0. The molecule has 0 saturated heterocycles. The minimum atomic E-state index is -0.278. The number of aliphatic hydroxyl groups excluding tert-OH is 1. The van der Waals surface area contributed by atoms with Gasteiger partial charge in [-0.05, 0) is 44.4 Å². The zero-order chi connectivity index (χ0) is 13.6. The van der Waals surface area contributed by atoms with Crippen LogP contribution >= 0.6 is 0 Å². The molecular formula is C16H32O2. The quantitative estimate of drug-likeness (QED) is 0.688. The summed E-state index contributed by atoms with van der Waals surface area (Å²) >= 11 is 0. The Kier molecular flexibility index (Phi) is 6.13. The van der Waals surface area contributed by atoms with Gasteiger partial charge in [-0.2, -0.15) is 0 Å². The summed E-state index contributed by atoms with van der Waals surface area (Å²) in [5.41, 5.74) is 0.168. The van der Waals surface area contributed by atoms with Crippen LogP contribution in [0.5, 0.6) is 0 Å². The van der Waals surface area contributed by atoms with E-state index in [9.17, 15) is 5.11 Å². The second-order valence-corrected chi connectivity index (χ2v) is 6.67. The van der Waals surface area contributed by atoms with Crippen molar-refractivity contribution in [1.82, 2.24) is 0 Å². The molecule has 1 aliphatic carbocycles. The number of ether oxygens (including phenoxy) is 1. The molecule has 0 aliphatic heterocycles.